The lowest BCUT2D eigenvalue weighted by molar-refractivity contribution is 0.568. The third-order valence-electron chi connectivity index (χ3n) is 6.13. The van der Waals surface area contributed by atoms with Gasteiger partial charge in [-0.15, -0.1) is 10.2 Å². The fraction of sp³-hybridized carbons (Fsp3) is 0.296. The molecular formula is C27H27ClN4S. The molecule has 0 fully saturated rings. The number of aliphatic imine (C=N–C) groups is 1. The summed E-state index contributed by atoms with van der Waals surface area (Å²) >= 11 is 7.90. The highest BCUT2D eigenvalue weighted by Crippen LogP contribution is 2.31. The van der Waals surface area contributed by atoms with Gasteiger partial charge >= 0.3 is 0 Å². The van der Waals surface area contributed by atoms with Crippen LogP contribution in [-0.2, 0) is 25.1 Å². The van der Waals surface area contributed by atoms with Crippen molar-refractivity contribution in [3.63, 3.8) is 0 Å². The zero-order valence-corrected chi connectivity index (χ0v) is 20.2. The minimum atomic E-state index is 0.769. The van der Waals surface area contributed by atoms with Crippen LogP contribution in [0.4, 0.5) is 0 Å². The predicted octanol–water partition coefficient (Wildman–Crippen LogP) is 6.93. The summed E-state index contributed by atoms with van der Waals surface area (Å²) < 4.78 is 2.32. The summed E-state index contributed by atoms with van der Waals surface area (Å²) in [6, 6.07) is 16.8. The normalized spacial score (nSPS) is 14.5. The molecule has 33 heavy (non-hydrogen) atoms. The molecule has 1 aromatic heterocycles. The summed E-state index contributed by atoms with van der Waals surface area (Å²) in [4.78, 5) is 4.46. The van der Waals surface area contributed by atoms with Crippen LogP contribution in [0.15, 0.2) is 76.5 Å². The van der Waals surface area contributed by atoms with Gasteiger partial charge in [0.25, 0.3) is 0 Å². The number of thioether (sulfide) groups is 1. The van der Waals surface area contributed by atoms with Gasteiger partial charge in [0.1, 0.15) is 5.82 Å². The molecule has 0 N–H and O–H groups in total. The smallest absolute Gasteiger partial charge is 0.191 e. The van der Waals surface area contributed by atoms with E-state index in [1.54, 1.807) is 11.8 Å². The molecule has 0 saturated heterocycles. The molecule has 0 bridgehead atoms. The van der Waals surface area contributed by atoms with Crippen LogP contribution in [0.5, 0.6) is 0 Å². The van der Waals surface area contributed by atoms with Crippen LogP contribution in [0.25, 0.3) is 5.57 Å². The predicted molar refractivity (Wildman–Crippen MR) is 138 cm³/mol. The average Bonchev–Trinajstić information content (AvgIpc) is 3.57. The molecule has 0 amide bonds. The SMILES string of the molecule is Clc1cccc(CSc2nnc(CCC3=CCc4ccccc43)n2CCCC2=CCC=N2)c1. The number of rotatable bonds is 10. The van der Waals surface area contributed by atoms with E-state index in [1.807, 2.05) is 24.4 Å². The Kier molecular flexibility index (Phi) is 7.08. The third kappa shape index (κ3) is 5.48. The molecule has 2 aromatic carbocycles. The summed E-state index contributed by atoms with van der Waals surface area (Å²) in [5.41, 5.74) is 6.65. The Morgan fingerprint density at radius 2 is 1.91 bits per heavy atom. The van der Waals surface area contributed by atoms with Gasteiger partial charge in [0, 0.05) is 42.1 Å². The first-order chi connectivity index (χ1) is 16.3. The fourth-order valence-corrected chi connectivity index (χ4v) is 5.58. The molecule has 6 heteroatoms. The number of benzene rings is 2. The summed E-state index contributed by atoms with van der Waals surface area (Å²) in [7, 11) is 0. The Morgan fingerprint density at radius 3 is 2.79 bits per heavy atom. The summed E-state index contributed by atoms with van der Waals surface area (Å²) in [6.07, 6.45) is 12.5. The maximum absolute atomic E-state index is 6.17. The van der Waals surface area contributed by atoms with E-state index < -0.39 is 0 Å². The number of nitrogens with zero attached hydrogens (tertiary/aromatic N) is 4. The highest BCUT2D eigenvalue weighted by atomic mass is 35.5. The van der Waals surface area contributed by atoms with Crippen LogP contribution in [0.2, 0.25) is 5.02 Å². The molecule has 2 heterocycles. The van der Waals surface area contributed by atoms with E-state index in [2.05, 4.69) is 62.2 Å². The molecule has 168 valence electrons. The lowest BCUT2D eigenvalue weighted by Gasteiger charge is -2.11. The van der Waals surface area contributed by atoms with Crippen molar-refractivity contribution in [2.45, 2.75) is 56.0 Å². The summed E-state index contributed by atoms with van der Waals surface area (Å²) in [5, 5.41) is 10.9. The standard InChI is InChI=1S/C27H27ClN4S/c28-23-8-3-6-20(18-23)19-33-27-31-30-26(32(27)17-5-10-24-9-4-16-29-24)15-14-22-13-12-21-7-1-2-11-25(21)22/h1-3,6-9,11,13,16,18H,4-5,10,12,14-15,17,19H2. The van der Waals surface area contributed by atoms with Crippen molar-refractivity contribution >= 4 is 35.2 Å². The van der Waals surface area contributed by atoms with Gasteiger partial charge in [0.2, 0.25) is 0 Å². The summed E-state index contributed by atoms with van der Waals surface area (Å²) in [5.74, 6) is 1.89. The van der Waals surface area contributed by atoms with Crippen molar-refractivity contribution in [1.29, 1.82) is 0 Å². The van der Waals surface area contributed by atoms with Gasteiger partial charge in [-0.3, -0.25) is 4.99 Å². The van der Waals surface area contributed by atoms with Crippen LogP contribution in [0.1, 0.15) is 48.2 Å². The molecule has 5 rings (SSSR count). The van der Waals surface area contributed by atoms with Crippen molar-refractivity contribution in [2.24, 2.45) is 4.99 Å². The molecule has 3 aromatic rings. The van der Waals surface area contributed by atoms with Gasteiger partial charge in [-0.2, -0.15) is 0 Å². The van der Waals surface area contributed by atoms with Crippen LogP contribution in [0.3, 0.4) is 0 Å². The first-order valence-corrected chi connectivity index (χ1v) is 12.9. The van der Waals surface area contributed by atoms with Crippen molar-refractivity contribution in [3.8, 4) is 0 Å². The molecule has 0 unspecified atom stereocenters. The molecule has 1 aliphatic heterocycles. The highest BCUT2D eigenvalue weighted by molar-refractivity contribution is 7.98. The number of hydrogen-bond acceptors (Lipinski definition) is 4. The van der Waals surface area contributed by atoms with Gasteiger partial charge in [0.05, 0.1) is 0 Å². The van der Waals surface area contributed by atoms with E-state index in [0.717, 1.165) is 66.8 Å². The number of halogens is 1. The maximum atomic E-state index is 6.17. The topological polar surface area (TPSA) is 43.1 Å². The quantitative estimate of drug-likeness (QED) is 0.299. The Bertz CT molecular complexity index is 1220. The second kappa shape index (κ2) is 10.5. The van der Waals surface area contributed by atoms with E-state index in [-0.39, 0.29) is 0 Å². The molecule has 0 spiro atoms. The molecule has 0 saturated carbocycles. The van der Waals surface area contributed by atoms with Crippen molar-refractivity contribution < 1.29 is 0 Å². The van der Waals surface area contributed by atoms with Crippen molar-refractivity contribution in [2.75, 3.05) is 0 Å². The molecular weight excluding hydrogens is 448 g/mol. The number of aryl methyl sites for hydroxylation is 1. The van der Waals surface area contributed by atoms with Gasteiger partial charge in [-0.1, -0.05) is 71.9 Å². The minimum Gasteiger partial charge on any atom is -0.306 e. The van der Waals surface area contributed by atoms with Gasteiger partial charge in [0.15, 0.2) is 5.16 Å². The lowest BCUT2D eigenvalue weighted by Crippen LogP contribution is -2.06. The fourth-order valence-electron chi connectivity index (χ4n) is 4.44. The molecule has 4 nitrogen and oxygen atoms in total. The lowest BCUT2D eigenvalue weighted by atomic mass is 10.0. The monoisotopic (exact) mass is 474 g/mol. The van der Waals surface area contributed by atoms with Crippen LogP contribution >= 0.6 is 23.4 Å². The Labute approximate surface area is 204 Å². The second-order valence-electron chi connectivity index (χ2n) is 8.41. The average molecular weight is 475 g/mol. The number of fused-ring (bicyclic) bond motifs is 1. The van der Waals surface area contributed by atoms with Gasteiger partial charge in [-0.05, 0) is 60.1 Å². The van der Waals surface area contributed by atoms with Crippen molar-refractivity contribution in [3.05, 3.63) is 93.9 Å². The molecule has 0 radical (unpaired) electrons. The number of aromatic nitrogens is 3. The van der Waals surface area contributed by atoms with Crippen LogP contribution in [-0.4, -0.2) is 21.0 Å². The number of allylic oxidation sites excluding steroid dienone is 4. The van der Waals surface area contributed by atoms with Gasteiger partial charge < -0.3 is 4.57 Å². The maximum Gasteiger partial charge on any atom is 0.191 e. The molecule has 2 aliphatic rings. The Balaban J connectivity index is 1.28. The molecule has 0 atom stereocenters. The first kappa shape index (κ1) is 22.2. The minimum absolute atomic E-state index is 0.769. The van der Waals surface area contributed by atoms with Crippen LogP contribution < -0.4 is 0 Å². The second-order valence-corrected chi connectivity index (χ2v) is 9.78. The highest BCUT2D eigenvalue weighted by Gasteiger charge is 2.17. The first-order valence-electron chi connectivity index (χ1n) is 11.5. The van der Waals surface area contributed by atoms with E-state index in [9.17, 15) is 0 Å². The van der Waals surface area contributed by atoms with E-state index >= 15 is 0 Å². The Morgan fingerprint density at radius 1 is 0.970 bits per heavy atom. The molecule has 1 aliphatic carbocycles. The third-order valence-corrected chi connectivity index (χ3v) is 7.40. The van der Waals surface area contributed by atoms with E-state index in [0.29, 0.717) is 0 Å². The zero-order chi connectivity index (χ0) is 22.5. The largest absolute Gasteiger partial charge is 0.306 e. The zero-order valence-electron chi connectivity index (χ0n) is 18.6. The van der Waals surface area contributed by atoms with Gasteiger partial charge in [-0.25, -0.2) is 0 Å². The van der Waals surface area contributed by atoms with Crippen LogP contribution in [0, 0.1) is 0 Å². The van der Waals surface area contributed by atoms with Crippen molar-refractivity contribution in [1.82, 2.24) is 14.8 Å². The van der Waals surface area contributed by atoms with E-state index in [1.165, 1.54) is 28.0 Å². The number of hydrogen-bond donors (Lipinski definition) is 0. The summed E-state index contributed by atoms with van der Waals surface area (Å²) in [6.45, 7) is 0.905. The van der Waals surface area contributed by atoms with E-state index in [4.69, 9.17) is 11.6 Å². The Hall–Kier alpha value is -2.63.